The molecule has 1 aromatic carbocycles. The Morgan fingerprint density at radius 3 is 2.87 bits per heavy atom. The van der Waals surface area contributed by atoms with E-state index in [0.29, 0.717) is 30.3 Å². The molecule has 3 nitrogen and oxygen atoms in total. The molecule has 0 saturated carbocycles. The predicted molar refractivity (Wildman–Crippen MR) is 60.2 cm³/mol. The van der Waals surface area contributed by atoms with Crippen LogP contribution < -0.4 is 10.1 Å². The van der Waals surface area contributed by atoms with Gasteiger partial charge in [0.2, 0.25) is 5.91 Å². The van der Waals surface area contributed by atoms with Crippen molar-refractivity contribution in [1.29, 1.82) is 0 Å². The van der Waals surface area contributed by atoms with Gasteiger partial charge in [0.15, 0.2) is 0 Å². The monoisotopic (exact) mass is 227 g/mol. The summed E-state index contributed by atoms with van der Waals surface area (Å²) in [6, 6.07) is 7.20. The fraction of sp³-hybridized carbons (Fsp3) is 0.364. The molecule has 0 atom stereocenters. The maximum absolute atomic E-state index is 11.1. The number of carbonyl (C=O) groups excluding carboxylic acids is 1. The Morgan fingerprint density at radius 1 is 1.47 bits per heavy atom. The van der Waals surface area contributed by atoms with Gasteiger partial charge < -0.3 is 10.1 Å². The first kappa shape index (κ1) is 11.9. The van der Waals surface area contributed by atoms with Crippen molar-refractivity contribution in [1.82, 2.24) is 5.32 Å². The molecule has 0 aliphatic heterocycles. The van der Waals surface area contributed by atoms with Crippen LogP contribution in [0, 0.1) is 0 Å². The fourth-order valence-electron chi connectivity index (χ4n) is 1.10. The zero-order valence-electron chi connectivity index (χ0n) is 8.63. The topological polar surface area (TPSA) is 38.3 Å². The first-order chi connectivity index (χ1) is 7.24. The number of hydrogen-bond donors (Lipinski definition) is 1. The zero-order chi connectivity index (χ0) is 11.1. The number of halogens is 1. The first-order valence-electron chi connectivity index (χ1n) is 4.88. The summed E-state index contributed by atoms with van der Waals surface area (Å²) in [6.07, 6.45) is 0.346. The van der Waals surface area contributed by atoms with Crippen molar-refractivity contribution in [3.05, 3.63) is 29.3 Å². The van der Waals surface area contributed by atoms with Crippen LogP contribution in [0.2, 0.25) is 5.02 Å². The van der Waals surface area contributed by atoms with Crippen molar-refractivity contribution < 1.29 is 9.53 Å². The average molecular weight is 228 g/mol. The Bertz CT molecular complexity index is 328. The van der Waals surface area contributed by atoms with E-state index in [-0.39, 0.29) is 5.91 Å². The lowest BCUT2D eigenvalue weighted by Gasteiger charge is -2.07. The average Bonchev–Trinajstić information content (AvgIpc) is 2.21. The van der Waals surface area contributed by atoms with Crippen LogP contribution in [0.5, 0.6) is 5.75 Å². The second kappa shape index (κ2) is 6.30. The highest BCUT2D eigenvalue weighted by Crippen LogP contribution is 2.22. The van der Waals surface area contributed by atoms with E-state index < -0.39 is 0 Å². The van der Waals surface area contributed by atoms with Gasteiger partial charge in [-0.1, -0.05) is 23.7 Å². The van der Waals surface area contributed by atoms with Gasteiger partial charge in [0, 0.05) is 6.54 Å². The largest absolute Gasteiger partial charge is 0.491 e. The molecule has 0 aromatic heterocycles. The summed E-state index contributed by atoms with van der Waals surface area (Å²) < 4.78 is 5.36. The smallest absolute Gasteiger partial charge is 0.223 e. The Kier molecular flexibility index (Phi) is 4.98. The Balaban J connectivity index is 2.32. The third-order valence-corrected chi connectivity index (χ3v) is 2.11. The van der Waals surface area contributed by atoms with Crippen LogP contribution in [0.4, 0.5) is 0 Å². The second-order valence-electron chi connectivity index (χ2n) is 2.98. The summed E-state index contributed by atoms with van der Waals surface area (Å²) in [7, 11) is 0. The van der Waals surface area contributed by atoms with Crippen LogP contribution in [0.1, 0.15) is 13.3 Å². The summed E-state index contributed by atoms with van der Waals surface area (Å²) in [5, 5.41) is 3.26. The van der Waals surface area contributed by atoms with E-state index in [9.17, 15) is 4.79 Å². The Labute approximate surface area is 94.4 Å². The number of rotatable bonds is 5. The van der Waals surface area contributed by atoms with Gasteiger partial charge in [-0.2, -0.15) is 0 Å². The molecule has 0 unspecified atom stereocenters. The molecule has 1 amide bonds. The van der Waals surface area contributed by atoms with E-state index >= 15 is 0 Å². The molecule has 0 spiro atoms. The van der Waals surface area contributed by atoms with E-state index in [1.165, 1.54) is 0 Å². The maximum atomic E-state index is 11.1. The van der Waals surface area contributed by atoms with Crippen molar-refractivity contribution in [2.24, 2.45) is 0 Å². The fourth-order valence-corrected chi connectivity index (χ4v) is 1.29. The lowest BCUT2D eigenvalue weighted by Crippen LogP contribution is -2.24. The third kappa shape index (κ3) is 4.21. The van der Waals surface area contributed by atoms with Gasteiger partial charge in [0.1, 0.15) is 5.75 Å². The number of para-hydroxylation sites is 1. The van der Waals surface area contributed by atoms with Crippen molar-refractivity contribution >= 4 is 17.5 Å². The number of ether oxygens (including phenoxy) is 1. The van der Waals surface area contributed by atoms with Gasteiger partial charge in [-0.3, -0.25) is 4.79 Å². The van der Waals surface area contributed by atoms with Crippen molar-refractivity contribution in [3.8, 4) is 5.75 Å². The third-order valence-electron chi connectivity index (χ3n) is 1.80. The van der Waals surface area contributed by atoms with Crippen molar-refractivity contribution in [3.63, 3.8) is 0 Å². The maximum Gasteiger partial charge on any atom is 0.223 e. The number of hydrogen-bond acceptors (Lipinski definition) is 2. The van der Waals surface area contributed by atoms with Gasteiger partial charge in [-0.05, 0) is 19.1 Å². The normalized spacial score (nSPS) is 9.73. The first-order valence-corrected chi connectivity index (χ1v) is 5.26. The second-order valence-corrected chi connectivity index (χ2v) is 3.39. The van der Waals surface area contributed by atoms with E-state index in [2.05, 4.69) is 5.32 Å². The van der Waals surface area contributed by atoms with Gasteiger partial charge in [0.25, 0.3) is 0 Å². The summed E-state index contributed by atoms with van der Waals surface area (Å²) >= 11 is 5.88. The van der Waals surface area contributed by atoms with Gasteiger partial charge in [-0.15, -0.1) is 0 Å². The Morgan fingerprint density at radius 2 is 2.20 bits per heavy atom. The van der Waals surface area contributed by atoms with Gasteiger partial charge >= 0.3 is 0 Å². The number of amides is 1. The van der Waals surface area contributed by atoms with Crippen LogP contribution in [0.3, 0.4) is 0 Å². The minimum Gasteiger partial charge on any atom is -0.491 e. The summed E-state index contributed by atoms with van der Waals surface area (Å²) in [5.74, 6) is 0.605. The highest BCUT2D eigenvalue weighted by atomic mass is 35.5. The molecule has 0 heterocycles. The molecule has 0 fully saturated rings. The minimum atomic E-state index is -0.00967. The quantitative estimate of drug-likeness (QED) is 0.838. The molecule has 0 saturated heterocycles. The molecule has 15 heavy (non-hydrogen) atoms. The molecule has 4 heteroatoms. The number of benzene rings is 1. The minimum absolute atomic E-state index is 0.00967. The lowest BCUT2D eigenvalue weighted by molar-refractivity contribution is -0.121. The standard InChI is InChI=1S/C11H14ClNO2/c1-2-13-11(14)7-8-15-10-6-4-3-5-9(10)12/h3-6H,2,7-8H2,1H3,(H,13,14). The highest BCUT2D eigenvalue weighted by Gasteiger charge is 2.02. The zero-order valence-corrected chi connectivity index (χ0v) is 9.38. The molecule has 1 aromatic rings. The molecule has 0 radical (unpaired) electrons. The van der Waals surface area contributed by atoms with Crippen molar-refractivity contribution in [2.75, 3.05) is 13.2 Å². The molecule has 0 aliphatic carbocycles. The lowest BCUT2D eigenvalue weighted by atomic mass is 10.3. The van der Waals surface area contributed by atoms with Crippen molar-refractivity contribution in [2.45, 2.75) is 13.3 Å². The summed E-state index contributed by atoms with van der Waals surface area (Å²) in [6.45, 7) is 2.87. The number of carbonyl (C=O) groups is 1. The molecule has 0 aliphatic rings. The van der Waals surface area contributed by atoms with E-state index in [0.717, 1.165) is 0 Å². The van der Waals surface area contributed by atoms with Gasteiger partial charge in [0.05, 0.1) is 18.1 Å². The molecular weight excluding hydrogens is 214 g/mol. The number of nitrogens with one attached hydrogen (secondary N) is 1. The molecule has 1 rings (SSSR count). The molecular formula is C11H14ClNO2. The van der Waals surface area contributed by atoms with Crippen LogP contribution in [-0.2, 0) is 4.79 Å². The van der Waals surface area contributed by atoms with Crippen LogP contribution in [-0.4, -0.2) is 19.1 Å². The summed E-state index contributed by atoms with van der Waals surface area (Å²) in [4.78, 5) is 11.1. The SMILES string of the molecule is CCNC(=O)CCOc1ccccc1Cl. The molecule has 1 N–H and O–H groups in total. The highest BCUT2D eigenvalue weighted by molar-refractivity contribution is 6.32. The van der Waals surface area contributed by atoms with Crippen LogP contribution in [0.25, 0.3) is 0 Å². The summed E-state index contributed by atoms with van der Waals surface area (Å²) in [5.41, 5.74) is 0. The van der Waals surface area contributed by atoms with Gasteiger partial charge in [-0.25, -0.2) is 0 Å². The molecule has 82 valence electrons. The molecule has 0 bridgehead atoms. The van der Waals surface area contributed by atoms with Crippen LogP contribution in [0.15, 0.2) is 24.3 Å². The Hall–Kier alpha value is -1.22. The van der Waals surface area contributed by atoms with E-state index in [4.69, 9.17) is 16.3 Å². The van der Waals surface area contributed by atoms with Crippen LogP contribution >= 0.6 is 11.6 Å². The predicted octanol–water partition coefficient (Wildman–Crippen LogP) is 2.25. The van der Waals surface area contributed by atoms with E-state index in [1.54, 1.807) is 12.1 Å². The van der Waals surface area contributed by atoms with E-state index in [1.807, 2.05) is 19.1 Å².